The highest BCUT2D eigenvalue weighted by Gasteiger charge is 2.05. The molecule has 0 amide bonds. The minimum Gasteiger partial charge on any atom is -0.494 e. The van der Waals surface area contributed by atoms with Gasteiger partial charge in [0, 0.05) is 32.2 Å². The van der Waals surface area contributed by atoms with Crippen LogP contribution in [0.5, 0.6) is 5.75 Å². The third-order valence-corrected chi connectivity index (χ3v) is 3.70. The Morgan fingerprint density at radius 2 is 1.96 bits per heavy atom. The van der Waals surface area contributed by atoms with Gasteiger partial charge in [0.1, 0.15) is 5.75 Å². The fourth-order valence-electron chi connectivity index (χ4n) is 1.91. The normalized spacial score (nSPS) is 11.6. The molecule has 0 fully saturated rings. The first kappa shape index (κ1) is 22.9. The Labute approximate surface area is 161 Å². The molecule has 0 unspecified atom stereocenters. The fourth-order valence-corrected chi connectivity index (χ4v) is 2.39. The third kappa shape index (κ3) is 9.28. The number of sulfonamides is 1. The maximum Gasteiger partial charge on any atom is 0.208 e. The van der Waals surface area contributed by atoms with Gasteiger partial charge in [-0.15, -0.1) is 24.0 Å². The molecule has 0 aliphatic rings. The molecule has 0 saturated carbocycles. The van der Waals surface area contributed by atoms with Crippen LogP contribution < -0.4 is 20.1 Å². The lowest BCUT2D eigenvalue weighted by Gasteiger charge is -2.15. The highest BCUT2D eigenvalue weighted by molar-refractivity contribution is 14.0. The van der Waals surface area contributed by atoms with Crippen molar-refractivity contribution in [3.05, 3.63) is 29.3 Å². The van der Waals surface area contributed by atoms with Crippen molar-refractivity contribution in [2.75, 3.05) is 33.0 Å². The first-order valence-corrected chi connectivity index (χ1v) is 9.36. The van der Waals surface area contributed by atoms with Crippen LogP contribution in [0.2, 0.25) is 0 Å². The number of aryl methyl sites for hydroxylation is 1. The second-order valence-electron chi connectivity index (χ2n) is 5.06. The van der Waals surface area contributed by atoms with Gasteiger partial charge in [-0.3, -0.25) is 4.99 Å². The molecule has 7 nitrogen and oxygen atoms in total. The number of guanidine groups is 1. The van der Waals surface area contributed by atoms with E-state index in [0.717, 1.165) is 23.1 Å². The van der Waals surface area contributed by atoms with E-state index in [2.05, 4.69) is 20.3 Å². The van der Waals surface area contributed by atoms with Gasteiger partial charge in [-0.1, -0.05) is 12.1 Å². The lowest BCUT2D eigenvalue weighted by Crippen LogP contribution is -2.41. The van der Waals surface area contributed by atoms with Crippen molar-refractivity contribution in [1.82, 2.24) is 15.4 Å². The van der Waals surface area contributed by atoms with Crippen LogP contribution in [-0.2, 0) is 16.6 Å². The molecule has 1 aromatic carbocycles. The number of rotatable bonds is 8. The number of nitrogens with one attached hydrogen (secondary N) is 3. The summed E-state index contributed by atoms with van der Waals surface area (Å²) in [6.07, 6.45) is 1.13. The lowest BCUT2D eigenvalue weighted by molar-refractivity contribution is 0.336. The van der Waals surface area contributed by atoms with Crippen molar-refractivity contribution in [2.45, 2.75) is 20.4 Å². The molecule has 0 spiro atoms. The Hall–Kier alpha value is -1.07. The second-order valence-corrected chi connectivity index (χ2v) is 6.90. The summed E-state index contributed by atoms with van der Waals surface area (Å²) in [5, 5.41) is 6.23. The number of hydrogen-bond acceptors (Lipinski definition) is 4. The van der Waals surface area contributed by atoms with Gasteiger partial charge in [0.15, 0.2) is 5.96 Å². The molecule has 9 heteroatoms. The molecule has 0 heterocycles. The van der Waals surface area contributed by atoms with Crippen LogP contribution in [0.15, 0.2) is 23.2 Å². The van der Waals surface area contributed by atoms with Gasteiger partial charge < -0.3 is 15.4 Å². The molecule has 3 N–H and O–H groups in total. The first-order valence-electron chi connectivity index (χ1n) is 7.47. The zero-order chi connectivity index (χ0) is 17.3. The maximum atomic E-state index is 11.0. The number of nitrogens with zero attached hydrogens (tertiary/aromatic N) is 1. The summed E-state index contributed by atoms with van der Waals surface area (Å²) >= 11 is 0. The van der Waals surface area contributed by atoms with Crippen molar-refractivity contribution >= 4 is 40.0 Å². The van der Waals surface area contributed by atoms with E-state index in [1.807, 2.05) is 32.0 Å². The van der Waals surface area contributed by atoms with Crippen LogP contribution >= 0.6 is 24.0 Å². The number of hydrogen-bond donors (Lipinski definition) is 3. The van der Waals surface area contributed by atoms with Crippen LogP contribution in [0.25, 0.3) is 0 Å². The zero-order valence-corrected chi connectivity index (χ0v) is 17.7. The number of aliphatic imine (C=N–C) groups is 1. The Balaban J connectivity index is 0.00000529. The van der Waals surface area contributed by atoms with E-state index in [9.17, 15) is 8.42 Å². The van der Waals surface area contributed by atoms with E-state index < -0.39 is 10.0 Å². The second kappa shape index (κ2) is 11.5. The molecule has 0 saturated heterocycles. The van der Waals surface area contributed by atoms with E-state index in [4.69, 9.17) is 4.74 Å². The molecule has 0 aromatic heterocycles. The Bertz CT molecular complexity index is 636. The van der Waals surface area contributed by atoms with Crippen LogP contribution in [0, 0.1) is 6.92 Å². The molecule has 0 radical (unpaired) electrons. The number of benzene rings is 1. The van der Waals surface area contributed by atoms with Gasteiger partial charge in [-0.25, -0.2) is 13.1 Å². The summed E-state index contributed by atoms with van der Waals surface area (Å²) in [5.74, 6) is 1.46. The van der Waals surface area contributed by atoms with Crippen molar-refractivity contribution in [1.29, 1.82) is 0 Å². The van der Waals surface area contributed by atoms with Crippen LogP contribution in [-0.4, -0.2) is 47.4 Å². The Morgan fingerprint density at radius 1 is 1.25 bits per heavy atom. The molecule has 0 bridgehead atoms. The predicted molar refractivity (Wildman–Crippen MR) is 109 cm³/mol. The molecule has 0 aliphatic heterocycles. The summed E-state index contributed by atoms with van der Waals surface area (Å²) in [6.45, 7) is 5.90. The Kier molecular flexibility index (Phi) is 11.0. The molecular formula is C15H27IN4O3S. The van der Waals surface area contributed by atoms with E-state index >= 15 is 0 Å². The minimum atomic E-state index is -3.17. The van der Waals surface area contributed by atoms with Crippen LogP contribution in [0.3, 0.4) is 0 Å². The largest absolute Gasteiger partial charge is 0.494 e. The quantitative estimate of drug-likeness (QED) is 0.230. The molecule has 1 aromatic rings. The van der Waals surface area contributed by atoms with Gasteiger partial charge in [0.2, 0.25) is 10.0 Å². The van der Waals surface area contributed by atoms with E-state index in [1.54, 1.807) is 7.05 Å². The van der Waals surface area contributed by atoms with Gasteiger partial charge in [0.25, 0.3) is 0 Å². The van der Waals surface area contributed by atoms with Crippen molar-refractivity contribution in [3.63, 3.8) is 0 Å². The highest BCUT2D eigenvalue weighted by atomic mass is 127. The lowest BCUT2D eigenvalue weighted by atomic mass is 10.1. The summed E-state index contributed by atoms with van der Waals surface area (Å²) in [4.78, 5) is 4.11. The van der Waals surface area contributed by atoms with Gasteiger partial charge >= 0.3 is 0 Å². The third-order valence-electron chi connectivity index (χ3n) is 2.97. The summed E-state index contributed by atoms with van der Waals surface area (Å²) < 4.78 is 30.0. The van der Waals surface area contributed by atoms with E-state index in [-0.39, 0.29) is 24.0 Å². The maximum absolute atomic E-state index is 11.0. The minimum absolute atomic E-state index is 0. The van der Waals surface area contributed by atoms with Crippen molar-refractivity contribution < 1.29 is 13.2 Å². The fraction of sp³-hybridized carbons (Fsp3) is 0.533. The number of halogens is 1. The molecule has 24 heavy (non-hydrogen) atoms. The van der Waals surface area contributed by atoms with Gasteiger partial charge in [0.05, 0.1) is 12.9 Å². The number of ether oxygens (including phenoxy) is 1. The molecule has 138 valence electrons. The molecule has 0 atom stereocenters. The monoisotopic (exact) mass is 470 g/mol. The molecule has 1 rings (SSSR count). The topological polar surface area (TPSA) is 91.8 Å². The van der Waals surface area contributed by atoms with Gasteiger partial charge in [-0.2, -0.15) is 0 Å². The first-order chi connectivity index (χ1) is 10.9. The van der Waals surface area contributed by atoms with Crippen molar-refractivity contribution in [2.24, 2.45) is 4.99 Å². The van der Waals surface area contributed by atoms with E-state index in [1.165, 1.54) is 0 Å². The summed E-state index contributed by atoms with van der Waals surface area (Å²) in [5.41, 5.74) is 2.18. The average Bonchev–Trinajstić information content (AvgIpc) is 2.47. The summed E-state index contributed by atoms with van der Waals surface area (Å²) in [7, 11) is -1.50. The highest BCUT2D eigenvalue weighted by Crippen LogP contribution is 2.20. The average molecular weight is 470 g/mol. The zero-order valence-electron chi connectivity index (χ0n) is 14.5. The Morgan fingerprint density at radius 3 is 2.54 bits per heavy atom. The van der Waals surface area contributed by atoms with E-state index in [0.29, 0.717) is 32.2 Å². The van der Waals surface area contributed by atoms with Gasteiger partial charge in [-0.05, 0) is 25.5 Å². The van der Waals surface area contributed by atoms with Crippen LogP contribution in [0.4, 0.5) is 0 Å². The van der Waals surface area contributed by atoms with Crippen LogP contribution in [0.1, 0.15) is 18.1 Å². The predicted octanol–water partition coefficient (Wildman–Crippen LogP) is 1.23. The summed E-state index contributed by atoms with van der Waals surface area (Å²) in [6, 6.07) is 6.06. The molecular weight excluding hydrogens is 443 g/mol. The van der Waals surface area contributed by atoms with Crippen molar-refractivity contribution in [3.8, 4) is 5.75 Å². The standard InChI is InChI=1S/C15H26N4O3S.HI/c1-5-22-14-10-12(2)6-7-13(14)11-18-15(16-3)17-8-9-19-23(4,20)21;/h6-7,10,19H,5,8-9,11H2,1-4H3,(H2,16,17,18);1H. The molecule has 0 aliphatic carbocycles. The smallest absolute Gasteiger partial charge is 0.208 e. The SMILES string of the molecule is CCOc1cc(C)ccc1CNC(=NC)NCCNS(C)(=O)=O.I.